The lowest BCUT2D eigenvalue weighted by Gasteiger charge is -2.22. The van der Waals surface area contributed by atoms with Crippen LogP contribution in [0.15, 0.2) is 41.3 Å². The van der Waals surface area contributed by atoms with Crippen molar-refractivity contribution in [3.63, 3.8) is 0 Å². The molecule has 0 fully saturated rings. The minimum Gasteiger partial charge on any atom is -0.308 e. The Balaban J connectivity index is 2.00. The zero-order valence-electron chi connectivity index (χ0n) is 16.5. The molecule has 148 valence electrons. The molecule has 0 bridgehead atoms. The van der Waals surface area contributed by atoms with Gasteiger partial charge in [0.1, 0.15) is 0 Å². The topological polar surface area (TPSA) is 36.4 Å². The third kappa shape index (κ3) is 4.69. The average Bonchev–Trinajstić information content (AvgIpc) is 3.10. The summed E-state index contributed by atoms with van der Waals surface area (Å²) in [5.41, 5.74) is 2.50. The first-order valence-electron chi connectivity index (χ1n) is 9.15. The van der Waals surface area contributed by atoms with Crippen molar-refractivity contribution in [2.24, 2.45) is 0 Å². The standard InChI is InChI=1S/C21H24ClN3OS2/c1-5-27-16-8-6-7-15(13-16)20(26)25(12-11-24(3)4)21-23-19-14(2)17(22)9-10-18(19)28-21/h6-10,13H,5,11-12H2,1-4H3. The first-order valence-corrected chi connectivity index (χ1v) is 11.3. The summed E-state index contributed by atoms with van der Waals surface area (Å²) in [5.74, 6) is 0.947. The number of amides is 1. The Labute approximate surface area is 179 Å². The molecule has 2 aromatic carbocycles. The molecule has 3 aromatic rings. The van der Waals surface area contributed by atoms with Gasteiger partial charge < -0.3 is 4.90 Å². The molecule has 1 heterocycles. The lowest BCUT2D eigenvalue weighted by atomic mass is 10.2. The monoisotopic (exact) mass is 433 g/mol. The van der Waals surface area contributed by atoms with Crippen molar-refractivity contribution < 1.29 is 4.79 Å². The van der Waals surface area contributed by atoms with E-state index in [9.17, 15) is 4.79 Å². The smallest absolute Gasteiger partial charge is 0.260 e. The van der Waals surface area contributed by atoms with Crippen LogP contribution in [0.1, 0.15) is 22.8 Å². The van der Waals surface area contributed by atoms with Gasteiger partial charge in [0.15, 0.2) is 5.13 Å². The fourth-order valence-corrected chi connectivity index (χ4v) is 4.75. The van der Waals surface area contributed by atoms with E-state index in [0.29, 0.717) is 22.3 Å². The molecular weight excluding hydrogens is 410 g/mol. The number of nitrogens with zero attached hydrogens (tertiary/aromatic N) is 3. The Morgan fingerprint density at radius 3 is 2.71 bits per heavy atom. The third-order valence-electron chi connectivity index (χ3n) is 4.38. The molecule has 0 aliphatic carbocycles. The second-order valence-corrected chi connectivity index (χ2v) is 9.49. The quantitative estimate of drug-likeness (QED) is 0.456. The van der Waals surface area contributed by atoms with Crippen LogP contribution in [-0.4, -0.2) is 48.7 Å². The van der Waals surface area contributed by atoms with Crippen molar-refractivity contribution >= 4 is 56.0 Å². The molecular formula is C21H24ClN3OS2. The summed E-state index contributed by atoms with van der Waals surface area (Å²) in [7, 11) is 4.01. The van der Waals surface area contributed by atoms with Gasteiger partial charge in [0.05, 0.1) is 10.2 Å². The van der Waals surface area contributed by atoms with E-state index in [4.69, 9.17) is 16.6 Å². The minimum atomic E-state index is -0.0248. The van der Waals surface area contributed by atoms with Gasteiger partial charge in [-0.3, -0.25) is 9.69 Å². The van der Waals surface area contributed by atoms with Gasteiger partial charge in [0.25, 0.3) is 5.91 Å². The zero-order valence-corrected chi connectivity index (χ0v) is 18.9. The van der Waals surface area contributed by atoms with Crippen LogP contribution >= 0.6 is 34.7 Å². The SMILES string of the molecule is CCSc1cccc(C(=O)N(CCN(C)C)c2nc3c(C)c(Cl)ccc3s2)c1. The molecule has 28 heavy (non-hydrogen) atoms. The van der Waals surface area contributed by atoms with Crippen LogP contribution in [0.3, 0.4) is 0 Å². The molecule has 0 spiro atoms. The third-order valence-corrected chi connectivity index (χ3v) is 6.70. The number of carbonyl (C=O) groups excluding carboxylic acids is 1. The molecule has 4 nitrogen and oxygen atoms in total. The number of anilines is 1. The maximum atomic E-state index is 13.4. The number of thioether (sulfide) groups is 1. The van der Waals surface area contributed by atoms with Gasteiger partial charge in [-0.05, 0) is 62.7 Å². The van der Waals surface area contributed by atoms with E-state index in [1.54, 1.807) is 16.7 Å². The predicted molar refractivity (Wildman–Crippen MR) is 122 cm³/mol. The van der Waals surface area contributed by atoms with E-state index < -0.39 is 0 Å². The van der Waals surface area contributed by atoms with Crippen molar-refractivity contribution in [2.45, 2.75) is 18.7 Å². The number of rotatable bonds is 7. The number of thiazole rings is 1. The van der Waals surface area contributed by atoms with Crippen molar-refractivity contribution in [1.82, 2.24) is 9.88 Å². The molecule has 0 aliphatic heterocycles. The number of likely N-dealkylation sites (N-methyl/N-ethyl adjacent to an activating group) is 1. The zero-order chi connectivity index (χ0) is 20.3. The number of aromatic nitrogens is 1. The van der Waals surface area contributed by atoms with Crippen LogP contribution in [0.2, 0.25) is 5.02 Å². The summed E-state index contributed by atoms with van der Waals surface area (Å²) in [6.45, 7) is 5.40. The number of aryl methyl sites for hydroxylation is 1. The van der Waals surface area contributed by atoms with Crippen LogP contribution in [0.4, 0.5) is 5.13 Å². The summed E-state index contributed by atoms with van der Waals surface area (Å²) in [5, 5.41) is 1.40. The van der Waals surface area contributed by atoms with E-state index in [2.05, 4.69) is 11.8 Å². The molecule has 0 atom stereocenters. The van der Waals surface area contributed by atoms with E-state index in [-0.39, 0.29) is 5.91 Å². The Hall–Kier alpha value is -1.60. The minimum absolute atomic E-state index is 0.0248. The Morgan fingerprint density at radius 1 is 1.21 bits per heavy atom. The summed E-state index contributed by atoms with van der Waals surface area (Å²) in [6, 6.07) is 11.7. The van der Waals surface area contributed by atoms with E-state index in [1.807, 2.05) is 57.4 Å². The van der Waals surface area contributed by atoms with Gasteiger partial charge >= 0.3 is 0 Å². The summed E-state index contributed by atoms with van der Waals surface area (Å²) in [4.78, 5) is 23.1. The fourth-order valence-electron chi connectivity index (χ4n) is 2.83. The van der Waals surface area contributed by atoms with E-state index in [0.717, 1.165) is 33.0 Å². The van der Waals surface area contributed by atoms with Gasteiger partial charge in [-0.2, -0.15) is 0 Å². The highest BCUT2D eigenvalue weighted by atomic mass is 35.5. The molecule has 0 radical (unpaired) electrons. The summed E-state index contributed by atoms with van der Waals surface area (Å²) >= 11 is 9.52. The van der Waals surface area contributed by atoms with Crippen molar-refractivity contribution in [1.29, 1.82) is 0 Å². The molecule has 3 rings (SSSR count). The van der Waals surface area contributed by atoms with E-state index >= 15 is 0 Å². The summed E-state index contributed by atoms with van der Waals surface area (Å²) < 4.78 is 1.04. The molecule has 0 aliphatic rings. The largest absolute Gasteiger partial charge is 0.308 e. The highest BCUT2D eigenvalue weighted by Gasteiger charge is 2.22. The molecule has 7 heteroatoms. The molecule has 0 saturated carbocycles. The van der Waals surface area contributed by atoms with Gasteiger partial charge in [-0.1, -0.05) is 35.9 Å². The number of hydrogen-bond donors (Lipinski definition) is 0. The number of halogens is 1. The lowest BCUT2D eigenvalue weighted by Crippen LogP contribution is -2.36. The first kappa shape index (κ1) is 21.1. The molecule has 0 saturated heterocycles. The van der Waals surface area contributed by atoms with Gasteiger partial charge in [0, 0.05) is 28.6 Å². The van der Waals surface area contributed by atoms with Gasteiger partial charge in [0.2, 0.25) is 0 Å². The highest BCUT2D eigenvalue weighted by molar-refractivity contribution is 7.99. The van der Waals surface area contributed by atoms with Crippen LogP contribution in [0, 0.1) is 6.92 Å². The van der Waals surface area contributed by atoms with Crippen molar-refractivity contribution in [2.75, 3.05) is 37.8 Å². The number of hydrogen-bond acceptors (Lipinski definition) is 5. The van der Waals surface area contributed by atoms with Gasteiger partial charge in [-0.15, -0.1) is 11.8 Å². The molecule has 0 unspecified atom stereocenters. The van der Waals surface area contributed by atoms with Crippen molar-refractivity contribution in [3.8, 4) is 0 Å². The van der Waals surface area contributed by atoms with Crippen LogP contribution in [0.25, 0.3) is 10.2 Å². The maximum absolute atomic E-state index is 13.4. The number of benzene rings is 2. The number of fused-ring (bicyclic) bond motifs is 1. The Kier molecular flexibility index (Phi) is 6.99. The van der Waals surface area contributed by atoms with Crippen molar-refractivity contribution in [3.05, 3.63) is 52.5 Å². The van der Waals surface area contributed by atoms with Crippen LogP contribution < -0.4 is 4.90 Å². The lowest BCUT2D eigenvalue weighted by molar-refractivity contribution is 0.0985. The highest BCUT2D eigenvalue weighted by Crippen LogP contribution is 2.34. The first-order chi connectivity index (χ1) is 13.4. The van der Waals surface area contributed by atoms with Gasteiger partial charge in [-0.25, -0.2) is 4.98 Å². The summed E-state index contributed by atoms with van der Waals surface area (Å²) in [6.07, 6.45) is 0. The predicted octanol–water partition coefficient (Wildman–Crippen LogP) is 5.58. The second-order valence-electron chi connectivity index (χ2n) is 6.74. The maximum Gasteiger partial charge on any atom is 0.260 e. The fraction of sp³-hybridized carbons (Fsp3) is 0.333. The Bertz CT molecular complexity index is 987. The van der Waals surface area contributed by atoms with Crippen LogP contribution in [0.5, 0.6) is 0 Å². The van der Waals surface area contributed by atoms with Crippen LogP contribution in [-0.2, 0) is 0 Å². The number of carbonyl (C=O) groups is 1. The average molecular weight is 434 g/mol. The van der Waals surface area contributed by atoms with E-state index in [1.165, 1.54) is 11.3 Å². The molecule has 1 amide bonds. The normalized spacial score (nSPS) is 11.4. The second kappa shape index (κ2) is 9.27. The molecule has 1 aromatic heterocycles. The molecule has 0 N–H and O–H groups in total. The Morgan fingerprint density at radius 2 is 2.00 bits per heavy atom.